The molecule has 0 saturated carbocycles. The van der Waals surface area contributed by atoms with Crippen LogP contribution >= 0.6 is 12.2 Å². The monoisotopic (exact) mass is 465 g/mol. The summed E-state index contributed by atoms with van der Waals surface area (Å²) >= 11 is 5.76. The van der Waals surface area contributed by atoms with Crippen LogP contribution in [0.25, 0.3) is 10.9 Å². The number of H-pyrrole nitrogens is 1. The Bertz CT molecular complexity index is 1180. The van der Waals surface area contributed by atoms with E-state index in [1.807, 2.05) is 41.3 Å². The van der Waals surface area contributed by atoms with Crippen molar-refractivity contribution in [1.29, 1.82) is 0 Å². The van der Waals surface area contributed by atoms with Crippen LogP contribution in [0, 0.1) is 13.8 Å². The molecular formula is C26H31N3O3S. The Labute approximate surface area is 199 Å². The number of benzene rings is 2. The van der Waals surface area contributed by atoms with Crippen LogP contribution in [-0.2, 0) is 17.8 Å². The van der Waals surface area contributed by atoms with Crippen LogP contribution in [0.15, 0.2) is 47.3 Å². The number of hydrogen-bond acceptors (Lipinski definition) is 4. The first-order chi connectivity index (χ1) is 15.9. The lowest BCUT2D eigenvalue weighted by atomic mass is 10.0. The number of methoxy groups -OCH3 is 1. The third-order valence-corrected chi connectivity index (χ3v) is 6.62. The zero-order valence-electron chi connectivity index (χ0n) is 19.4. The van der Waals surface area contributed by atoms with Crippen LogP contribution < -0.4 is 15.6 Å². The Morgan fingerprint density at radius 3 is 2.64 bits per heavy atom. The van der Waals surface area contributed by atoms with Gasteiger partial charge in [-0.3, -0.25) is 4.79 Å². The van der Waals surface area contributed by atoms with Gasteiger partial charge in [-0.1, -0.05) is 12.1 Å². The molecule has 0 amide bonds. The van der Waals surface area contributed by atoms with E-state index in [9.17, 15) is 4.79 Å². The van der Waals surface area contributed by atoms with Gasteiger partial charge in [-0.2, -0.15) is 0 Å². The van der Waals surface area contributed by atoms with Crippen molar-refractivity contribution in [3.05, 3.63) is 75.1 Å². The summed E-state index contributed by atoms with van der Waals surface area (Å²) in [6.45, 7) is 6.59. The predicted octanol–water partition coefficient (Wildman–Crippen LogP) is 4.21. The molecule has 1 unspecified atom stereocenters. The smallest absolute Gasteiger partial charge is 0.253 e. The van der Waals surface area contributed by atoms with Gasteiger partial charge >= 0.3 is 0 Å². The minimum Gasteiger partial charge on any atom is -0.497 e. The molecule has 1 aliphatic rings. The first-order valence-electron chi connectivity index (χ1n) is 11.3. The topological polar surface area (TPSA) is 66.6 Å². The highest BCUT2D eigenvalue weighted by Gasteiger charge is 2.19. The zero-order valence-corrected chi connectivity index (χ0v) is 20.3. The highest BCUT2D eigenvalue weighted by atomic mass is 32.1. The Morgan fingerprint density at radius 2 is 1.94 bits per heavy atom. The maximum Gasteiger partial charge on any atom is 0.253 e. The molecule has 0 aliphatic carbocycles. The van der Waals surface area contributed by atoms with E-state index < -0.39 is 0 Å². The van der Waals surface area contributed by atoms with Crippen molar-refractivity contribution >= 4 is 28.2 Å². The lowest BCUT2D eigenvalue weighted by molar-refractivity contribution is 0.113. The SMILES string of the molecule is COc1ccc(CN(Cc2cc3cc(C)c(C)cc3[nH]c2=O)C(=S)NCC2CCCO2)cc1. The molecule has 6 nitrogen and oxygen atoms in total. The van der Waals surface area contributed by atoms with Crippen molar-refractivity contribution in [2.45, 2.75) is 45.9 Å². The number of rotatable bonds is 7. The molecule has 4 rings (SSSR count). The van der Waals surface area contributed by atoms with E-state index in [1.54, 1.807) is 7.11 Å². The standard InChI is InChI=1S/C26H31N3O3S/c1-17-11-20-13-21(25(30)28-24(20)12-18(17)2)16-29(15-19-6-8-22(31-3)9-7-19)26(33)27-14-23-5-4-10-32-23/h6-9,11-13,23H,4-5,10,14-16H2,1-3H3,(H,27,33)(H,28,30). The fraction of sp³-hybridized carbons (Fsp3) is 0.385. The second-order valence-corrected chi connectivity index (χ2v) is 9.06. The summed E-state index contributed by atoms with van der Waals surface area (Å²) in [4.78, 5) is 18.0. The summed E-state index contributed by atoms with van der Waals surface area (Å²) < 4.78 is 11.0. The second-order valence-electron chi connectivity index (χ2n) is 8.67. The number of thiocarbonyl (C=S) groups is 1. The molecule has 1 saturated heterocycles. The van der Waals surface area contributed by atoms with Crippen molar-refractivity contribution in [2.24, 2.45) is 0 Å². The van der Waals surface area contributed by atoms with E-state index in [4.69, 9.17) is 21.7 Å². The summed E-state index contributed by atoms with van der Waals surface area (Å²) in [6, 6.07) is 14.0. The quantitative estimate of drug-likeness (QED) is 0.510. The highest BCUT2D eigenvalue weighted by molar-refractivity contribution is 7.80. The van der Waals surface area contributed by atoms with Crippen molar-refractivity contribution < 1.29 is 9.47 Å². The van der Waals surface area contributed by atoms with Gasteiger partial charge in [0.05, 0.1) is 19.8 Å². The zero-order chi connectivity index (χ0) is 23.4. The molecule has 0 radical (unpaired) electrons. The first-order valence-corrected chi connectivity index (χ1v) is 11.7. The van der Waals surface area contributed by atoms with Crippen LogP contribution in [0.1, 0.15) is 35.1 Å². The second kappa shape index (κ2) is 10.4. The van der Waals surface area contributed by atoms with Gasteiger partial charge in [0.25, 0.3) is 5.56 Å². The lowest BCUT2D eigenvalue weighted by Gasteiger charge is -2.27. The minimum atomic E-state index is -0.0904. The van der Waals surface area contributed by atoms with Crippen molar-refractivity contribution in [3.63, 3.8) is 0 Å². The van der Waals surface area contributed by atoms with E-state index in [1.165, 1.54) is 5.56 Å². The molecule has 1 atom stereocenters. The molecular weight excluding hydrogens is 434 g/mol. The minimum absolute atomic E-state index is 0.0904. The Kier molecular flexibility index (Phi) is 7.30. The largest absolute Gasteiger partial charge is 0.497 e. The van der Waals surface area contributed by atoms with E-state index in [-0.39, 0.29) is 11.7 Å². The van der Waals surface area contributed by atoms with Gasteiger partial charge in [0.15, 0.2) is 5.11 Å². The van der Waals surface area contributed by atoms with Crippen LogP contribution in [0.2, 0.25) is 0 Å². The number of aryl methyl sites for hydroxylation is 2. The van der Waals surface area contributed by atoms with Gasteiger partial charge in [-0.25, -0.2) is 0 Å². The Morgan fingerprint density at radius 1 is 1.18 bits per heavy atom. The average molecular weight is 466 g/mol. The summed E-state index contributed by atoms with van der Waals surface area (Å²) in [5, 5.41) is 4.99. The number of hydrogen-bond donors (Lipinski definition) is 2. The third-order valence-electron chi connectivity index (χ3n) is 6.22. The summed E-state index contributed by atoms with van der Waals surface area (Å²) in [5.74, 6) is 0.807. The number of aromatic nitrogens is 1. The van der Waals surface area contributed by atoms with Crippen LogP contribution in [-0.4, -0.2) is 41.4 Å². The first kappa shape index (κ1) is 23.3. The van der Waals surface area contributed by atoms with E-state index in [0.29, 0.717) is 30.3 Å². The molecule has 3 aromatic rings. The van der Waals surface area contributed by atoms with Gasteiger partial charge in [0.1, 0.15) is 5.75 Å². The van der Waals surface area contributed by atoms with E-state index in [0.717, 1.165) is 47.2 Å². The van der Waals surface area contributed by atoms with E-state index >= 15 is 0 Å². The summed E-state index contributed by atoms with van der Waals surface area (Å²) in [5.41, 5.74) is 4.89. The summed E-state index contributed by atoms with van der Waals surface area (Å²) in [6.07, 6.45) is 2.30. The molecule has 0 bridgehead atoms. The Balaban J connectivity index is 1.58. The average Bonchev–Trinajstić information content (AvgIpc) is 3.33. The van der Waals surface area contributed by atoms with Crippen molar-refractivity contribution in [3.8, 4) is 5.75 Å². The molecule has 2 N–H and O–H groups in total. The maximum atomic E-state index is 12.9. The number of ether oxygens (including phenoxy) is 2. The number of pyridine rings is 1. The molecule has 1 aliphatic heterocycles. The van der Waals surface area contributed by atoms with Crippen LogP contribution in [0.3, 0.4) is 0 Å². The predicted molar refractivity (Wildman–Crippen MR) is 136 cm³/mol. The van der Waals surface area contributed by atoms with Gasteiger partial charge in [-0.15, -0.1) is 0 Å². The molecule has 2 heterocycles. The number of nitrogens with one attached hydrogen (secondary N) is 2. The van der Waals surface area contributed by atoms with Gasteiger partial charge in [0, 0.05) is 30.8 Å². The fourth-order valence-electron chi connectivity index (χ4n) is 4.11. The number of fused-ring (bicyclic) bond motifs is 1. The lowest BCUT2D eigenvalue weighted by Crippen LogP contribution is -2.42. The molecule has 174 valence electrons. The molecule has 1 aromatic heterocycles. The van der Waals surface area contributed by atoms with Gasteiger partial charge < -0.3 is 24.7 Å². The Hall–Kier alpha value is -2.90. The van der Waals surface area contributed by atoms with Crippen molar-refractivity contribution in [2.75, 3.05) is 20.3 Å². The maximum absolute atomic E-state index is 12.9. The molecule has 33 heavy (non-hydrogen) atoms. The fourth-order valence-corrected chi connectivity index (χ4v) is 4.33. The molecule has 7 heteroatoms. The van der Waals surface area contributed by atoms with Crippen LogP contribution in [0.5, 0.6) is 5.75 Å². The molecule has 2 aromatic carbocycles. The third kappa shape index (κ3) is 5.72. The van der Waals surface area contributed by atoms with Crippen LogP contribution in [0.4, 0.5) is 0 Å². The molecule has 0 spiro atoms. The number of nitrogens with zero attached hydrogens (tertiary/aromatic N) is 1. The summed E-state index contributed by atoms with van der Waals surface area (Å²) in [7, 11) is 1.65. The van der Waals surface area contributed by atoms with E-state index in [2.05, 4.69) is 30.2 Å². The van der Waals surface area contributed by atoms with Gasteiger partial charge in [0.2, 0.25) is 0 Å². The van der Waals surface area contributed by atoms with Gasteiger partial charge in [-0.05, 0) is 91.3 Å². The highest BCUT2D eigenvalue weighted by Crippen LogP contribution is 2.19. The molecule has 1 fully saturated rings. The van der Waals surface area contributed by atoms with Crippen molar-refractivity contribution in [1.82, 2.24) is 15.2 Å². The number of aromatic amines is 1. The normalized spacial score (nSPS) is 15.5.